The molecule has 0 saturated carbocycles. The SMILES string of the molecule is O=c1c2cc(-c3ccccc3)sc2ncn1Cc1ccccc1. The predicted molar refractivity (Wildman–Crippen MR) is 94.9 cm³/mol. The van der Waals surface area contributed by atoms with E-state index in [1.54, 1.807) is 22.2 Å². The molecule has 112 valence electrons. The molecule has 0 aliphatic heterocycles. The number of nitrogens with zero attached hydrogens (tertiary/aromatic N) is 2. The van der Waals surface area contributed by atoms with Crippen LogP contribution in [0, 0.1) is 0 Å². The van der Waals surface area contributed by atoms with E-state index < -0.39 is 0 Å². The lowest BCUT2D eigenvalue weighted by atomic mass is 10.2. The minimum absolute atomic E-state index is 0.0114. The minimum Gasteiger partial charge on any atom is -0.294 e. The molecule has 4 aromatic rings. The van der Waals surface area contributed by atoms with Crippen molar-refractivity contribution in [3.05, 3.63) is 89.0 Å². The molecule has 0 aliphatic rings. The smallest absolute Gasteiger partial charge is 0.262 e. The van der Waals surface area contributed by atoms with Gasteiger partial charge in [-0.15, -0.1) is 11.3 Å². The van der Waals surface area contributed by atoms with Gasteiger partial charge in [0, 0.05) is 4.88 Å². The molecule has 0 N–H and O–H groups in total. The summed E-state index contributed by atoms with van der Waals surface area (Å²) >= 11 is 1.56. The Morgan fingerprint density at radius 3 is 2.39 bits per heavy atom. The summed E-state index contributed by atoms with van der Waals surface area (Å²) in [5, 5.41) is 0.687. The third kappa shape index (κ3) is 2.69. The molecule has 23 heavy (non-hydrogen) atoms. The monoisotopic (exact) mass is 318 g/mol. The van der Waals surface area contributed by atoms with E-state index in [9.17, 15) is 4.79 Å². The molecule has 4 rings (SSSR count). The Kier molecular flexibility index (Phi) is 3.52. The molecule has 0 bridgehead atoms. The lowest BCUT2D eigenvalue weighted by Gasteiger charge is -2.04. The fraction of sp³-hybridized carbons (Fsp3) is 0.0526. The highest BCUT2D eigenvalue weighted by atomic mass is 32.1. The van der Waals surface area contributed by atoms with E-state index in [1.807, 2.05) is 66.7 Å². The maximum atomic E-state index is 12.7. The number of aromatic nitrogens is 2. The van der Waals surface area contributed by atoms with E-state index in [4.69, 9.17) is 0 Å². The summed E-state index contributed by atoms with van der Waals surface area (Å²) in [4.78, 5) is 19.0. The van der Waals surface area contributed by atoms with Gasteiger partial charge in [-0.05, 0) is 17.2 Å². The van der Waals surface area contributed by atoms with E-state index >= 15 is 0 Å². The van der Waals surface area contributed by atoms with E-state index in [2.05, 4.69) is 4.98 Å². The van der Waals surface area contributed by atoms with E-state index in [1.165, 1.54) is 0 Å². The van der Waals surface area contributed by atoms with Crippen LogP contribution in [0.15, 0.2) is 77.9 Å². The Bertz CT molecular complexity index is 1000. The van der Waals surface area contributed by atoms with Crippen molar-refractivity contribution in [2.45, 2.75) is 6.54 Å². The lowest BCUT2D eigenvalue weighted by molar-refractivity contribution is 0.749. The van der Waals surface area contributed by atoms with Crippen LogP contribution in [0.4, 0.5) is 0 Å². The van der Waals surface area contributed by atoms with Crippen LogP contribution in [0.5, 0.6) is 0 Å². The van der Waals surface area contributed by atoms with Gasteiger partial charge in [-0.25, -0.2) is 4.98 Å². The molecule has 0 radical (unpaired) electrons. The zero-order chi connectivity index (χ0) is 15.6. The van der Waals surface area contributed by atoms with E-state index in [0.717, 1.165) is 20.8 Å². The van der Waals surface area contributed by atoms with Gasteiger partial charge in [-0.2, -0.15) is 0 Å². The molecule has 0 atom stereocenters. The van der Waals surface area contributed by atoms with Crippen LogP contribution >= 0.6 is 11.3 Å². The molecule has 0 saturated heterocycles. The van der Waals surface area contributed by atoms with Gasteiger partial charge in [0.2, 0.25) is 0 Å². The Balaban J connectivity index is 1.78. The summed E-state index contributed by atoms with van der Waals surface area (Å²) in [6, 6.07) is 22.0. The molecule has 2 heterocycles. The van der Waals surface area contributed by atoms with Crippen LogP contribution in [0.1, 0.15) is 5.56 Å². The van der Waals surface area contributed by atoms with Crippen LogP contribution in [0.3, 0.4) is 0 Å². The third-order valence-electron chi connectivity index (χ3n) is 3.77. The highest BCUT2D eigenvalue weighted by Crippen LogP contribution is 2.30. The van der Waals surface area contributed by atoms with Gasteiger partial charge in [0.15, 0.2) is 0 Å². The molecule has 0 fully saturated rings. The first-order chi connectivity index (χ1) is 11.3. The van der Waals surface area contributed by atoms with Crippen molar-refractivity contribution in [1.82, 2.24) is 9.55 Å². The van der Waals surface area contributed by atoms with Crippen molar-refractivity contribution >= 4 is 21.6 Å². The molecule has 0 spiro atoms. The molecule has 0 aliphatic carbocycles. The zero-order valence-electron chi connectivity index (χ0n) is 12.3. The van der Waals surface area contributed by atoms with Gasteiger partial charge in [0.25, 0.3) is 5.56 Å². The minimum atomic E-state index is 0.0114. The van der Waals surface area contributed by atoms with Crippen molar-refractivity contribution in [3.8, 4) is 10.4 Å². The summed E-state index contributed by atoms with van der Waals surface area (Å²) in [6.45, 7) is 0.541. The Morgan fingerprint density at radius 1 is 0.957 bits per heavy atom. The predicted octanol–water partition coefficient (Wildman–Crippen LogP) is 4.17. The van der Waals surface area contributed by atoms with Crippen molar-refractivity contribution in [2.75, 3.05) is 0 Å². The van der Waals surface area contributed by atoms with Crippen molar-refractivity contribution in [2.24, 2.45) is 0 Å². The normalized spacial score (nSPS) is 11.0. The highest BCUT2D eigenvalue weighted by molar-refractivity contribution is 7.21. The molecule has 0 unspecified atom stereocenters. The average molecular weight is 318 g/mol. The maximum Gasteiger partial charge on any atom is 0.262 e. The molecule has 0 amide bonds. The Labute approximate surface area is 137 Å². The number of benzene rings is 2. The first kappa shape index (κ1) is 13.9. The topological polar surface area (TPSA) is 34.9 Å². The van der Waals surface area contributed by atoms with Gasteiger partial charge >= 0.3 is 0 Å². The average Bonchev–Trinajstić information content (AvgIpc) is 3.04. The number of hydrogen-bond donors (Lipinski definition) is 0. The van der Waals surface area contributed by atoms with Gasteiger partial charge in [0.1, 0.15) is 4.83 Å². The van der Waals surface area contributed by atoms with Crippen LogP contribution in [-0.4, -0.2) is 9.55 Å². The second-order valence-electron chi connectivity index (χ2n) is 5.36. The van der Waals surface area contributed by atoms with Crippen LogP contribution < -0.4 is 5.56 Å². The van der Waals surface area contributed by atoms with Crippen LogP contribution in [0.25, 0.3) is 20.7 Å². The molecular weight excluding hydrogens is 304 g/mol. The molecular formula is C19H14N2OS. The molecule has 4 heteroatoms. The van der Waals surface area contributed by atoms with Crippen LogP contribution in [0.2, 0.25) is 0 Å². The summed E-state index contributed by atoms with van der Waals surface area (Å²) in [5.41, 5.74) is 2.22. The lowest BCUT2D eigenvalue weighted by Crippen LogP contribution is -2.20. The van der Waals surface area contributed by atoms with Gasteiger partial charge in [-0.3, -0.25) is 9.36 Å². The second kappa shape index (κ2) is 5.82. The van der Waals surface area contributed by atoms with Gasteiger partial charge in [-0.1, -0.05) is 60.7 Å². The van der Waals surface area contributed by atoms with Crippen molar-refractivity contribution < 1.29 is 0 Å². The quantitative estimate of drug-likeness (QED) is 0.568. The molecule has 3 nitrogen and oxygen atoms in total. The zero-order valence-corrected chi connectivity index (χ0v) is 13.2. The highest BCUT2D eigenvalue weighted by Gasteiger charge is 2.10. The molecule has 2 aromatic heterocycles. The van der Waals surface area contributed by atoms with E-state index in [0.29, 0.717) is 11.9 Å². The fourth-order valence-electron chi connectivity index (χ4n) is 2.60. The summed E-state index contributed by atoms with van der Waals surface area (Å²) < 4.78 is 1.67. The largest absolute Gasteiger partial charge is 0.294 e. The number of fused-ring (bicyclic) bond motifs is 1. The first-order valence-corrected chi connectivity index (χ1v) is 8.21. The Morgan fingerprint density at radius 2 is 1.65 bits per heavy atom. The van der Waals surface area contributed by atoms with Crippen LogP contribution in [-0.2, 0) is 6.54 Å². The maximum absolute atomic E-state index is 12.7. The third-order valence-corrected chi connectivity index (χ3v) is 4.86. The second-order valence-corrected chi connectivity index (χ2v) is 6.39. The van der Waals surface area contributed by atoms with Gasteiger partial charge in [0.05, 0.1) is 18.3 Å². The first-order valence-electron chi connectivity index (χ1n) is 7.39. The number of rotatable bonds is 3. The fourth-order valence-corrected chi connectivity index (χ4v) is 3.59. The standard InChI is InChI=1S/C19H14N2OS/c22-19-16-11-17(15-9-5-2-6-10-15)23-18(16)20-13-21(19)12-14-7-3-1-4-8-14/h1-11,13H,12H2. The summed E-state index contributed by atoms with van der Waals surface area (Å²) in [6.07, 6.45) is 1.64. The summed E-state index contributed by atoms with van der Waals surface area (Å²) in [5.74, 6) is 0. The molecule has 2 aromatic carbocycles. The summed E-state index contributed by atoms with van der Waals surface area (Å²) in [7, 11) is 0. The van der Waals surface area contributed by atoms with Gasteiger partial charge < -0.3 is 0 Å². The Hall–Kier alpha value is -2.72. The van der Waals surface area contributed by atoms with Crippen molar-refractivity contribution in [3.63, 3.8) is 0 Å². The number of thiophene rings is 1. The van der Waals surface area contributed by atoms with E-state index in [-0.39, 0.29) is 5.56 Å². The van der Waals surface area contributed by atoms with Crippen molar-refractivity contribution in [1.29, 1.82) is 0 Å². The number of hydrogen-bond acceptors (Lipinski definition) is 3.